The predicted octanol–water partition coefficient (Wildman–Crippen LogP) is -6.44. The van der Waals surface area contributed by atoms with Crippen molar-refractivity contribution in [2.24, 2.45) is 11.7 Å². The third-order valence-electron chi connectivity index (χ3n) is 15.5. The molecule has 4 fully saturated rings. The van der Waals surface area contributed by atoms with E-state index in [9.17, 15) is 79.4 Å². The van der Waals surface area contributed by atoms with Gasteiger partial charge in [0, 0.05) is 80.3 Å². The first-order valence-electron chi connectivity index (χ1n) is 27.9. The first-order valence-corrected chi connectivity index (χ1v) is 29.4. The number of piperidine rings is 1. The van der Waals surface area contributed by atoms with Gasteiger partial charge in [-0.1, -0.05) is 36.5 Å². The maximum Gasteiger partial charge on any atom is 1.00 e. The fraction of sp³-hybridized carbons (Fsp3) is 0.491. The summed E-state index contributed by atoms with van der Waals surface area (Å²) in [6.45, 7) is 2.86. The number of hydrogen-bond donors (Lipinski definition) is 13. The van der Waals surface area contributed by atoms with E-state index in [1.165, 1.54) is 42.9 Å². The van der Waals surface area contributed by atoms with Crippen molar-refractivity contribution in [2.75, 3.05) is 37.6 Å². The molecule has 0 bridgehead atoms. The normalized spacial score (nSPS) is 26.2. The van der Waals surface area contributed by atoms with Gasteiger partial charge in [-0.05, 0) is 80.3 Å². The van der Waals surface area contributed by atoms with Gasteiger partial charge in [0.2, 0.25) is 41.4 Å². The average molecular weight is 1270 g/mol. The van der Waals surface area contributed by atoms with Crippen molar-refractivity contribution in [2.45, 2.75) is 132 Å². The summed E-state index contributed by atoms with van der Waals surface area (Å²) in [5.41, 5.74) is 8.08. The van der Waals surface area contributed by atoms with Crippen LogP contribution in [-0.2, 0) is 49.4 Å². The van der Waals surface area contributed by atoms with E-state index in [-0.39, 0.29) is 58.8 Å². The van der Waals surface area contributed by atoms with Crippen molar-refractivity contribution < 1.29 is 122 Å². The number of aromatic nitrogens is 2. The first kappa shape index (κ1) is 68.9. The summed E-state index contributed by atoms with van der Waals surface area (Å²) in [7, 11) is 0. The van der Waals surface area contributed by atoms with E-state index in [1.807, 2.05) is 12.1 Å². The summed E-state index contributed by atoms with van der Waals surface area (Å²) in [6.07, 6.45) is -10.1. The monoisotopic (exact) mass is 1270 g/mol. The second-order valence-electron chi connectivity index (χ2n) is 21.8. The van der Waals surface area contributed by atoms with Crippen molar-refractivity contribution in [3.63, 3.8) is 0 Å². The minimum atomic E-state index is -2.22. The summed E-state index contributed by atoms with van der Waals surface area (Å²) < 4.78 is 9.15. The van der Waals surface area contributed by atoms with E-state index in [0.717, 1.165) is 66.0 Å². The molecule has 14 N–H and O–H groups in total. The molecule has 0 spiro atoms. The number of nitrogens with two attached hydrogens (primary N) is 1. The average Bonchev–Trinajstić information content (AvgIpc) is 2.11. The van der Waals surface area contributed by atoms with E-state index in [2.05, 4.69) is 63.2 Å². The quantitative estimate of drug-likeness (QED) is 0.0163. The third kappa shape index (κ3) is 17.0. The largest absolute Gasteiger partial charge is 1.00 e. The smallest absolute Gasteiger partial charge is 0.691 e. The Labute approximate surface area is 534 Å². The van der Waals surface area contributed by atoms with Gasteiger partial charge in [-0.25, -0.2) is 0 Å². The van der Waals surface area contributed by atoms with Crippen LogP contribution in [0.1, 0.15) is 68.3 Å². The van der Waals surface area contributed by atoms with Gasteiger partial charge in [0.05, 0.1) is 43.0 Å². The van der Waals surface area contributed by atoms with Crippen LogP contribution in [0.5, 0.6) is 11.5 Å². The fourth-order valence-electron chi connectivity index (χ4n) is 10.8. The van der Waals surface area contributed by atoms with E-state index in [0.29, 0.717) is 15.6 Å². The molecule has 4 saturated heterocycles. The Bertz CT molecular complexity index is 3130. The van der Waals surface area contributed by atoms with Gasteiger partial charge in [-0.15, -0.1) is 14.5 Å². The predicted molar refractivity (Wildman–Crippen MR) is 304 cm³/mol. The maximum absolute atomic E-state index is 14.7. The van der Waals surface area contributed by atoms with Gasteiger partial charge >= 0.3 is 29.6 Å². The first-order chi connectivity index (χ1) is 41.5. The summed E-state index contributed by atoms with van der Waals surface area (Å²) in [6, 6.07) is 5.96. The number of nitrogens with one attached hydrogen (secondary N) is 5. The number of carbonyl (C=O) groups excluding carboxylic acids is 8. The Morgan fingerprint density at radius 3 is 2.05 bits per heavy atom. The topological polar surface area (TPSA) is 451 Å². The number of amides is 8. The number of phenols is 1. The maximum atomic E-state index is 14.7. The zero-order valence-corrected chi connectivity index (χ0v) is 51.6. The van der Waals surface area contributed by atoms with Crippen LogP contribution in [0.2, 0.25) is 0 Å². The van der Waals surface area contributed by atoms with Gasteiger partial charge in [-0.3, -0.25) is 43.4 Å². The Morgan fingerprint density at radius 1 is 0.784 bits per heavy atom. The molecule has 88 heavy (non-hydrogen) atoms. The summed E-state index contributed by atoms with van der Waals surface area (Å²) >= 11 is 1.32. The molecule has 0 aliphatic carbocycles. The molecule has 8 rings (SSSR count). The third-order valence-corrected chi connectivity index (χ3v) is 16.8. The number of aliphatic hydroxyl groups is 6. The number of fused-ring (bicyclic) bond motifs is 2. The van der Waals surface area contributed by atoms with Crippen LogP contribution in [0.15, 0.2) is 66.7 Å². The van der Waals surface area contributed by atoms with Crippen LogP contribution in [0.4, 0.5) is 5.69 Å². The number of anilines is 1. The van der Waals surface area contributed by atoms with Crippen LogP contribution in [0, 0.1) is 5.92 Å². The molecule has 3 aromatic carbocycles. The minimum absolute atomic E-state index is 0. The Kier molecular flexibility index (Phi) is 24.4. The van der Waals surface area contributed by atoms with Gasteiger partial charge in [0.25, 0.3) is 18.2 Å². The number of rotatable bonds is 16. The molecule has 4 aliphatic heterocycles. The van der Waals surface area contributed by atoms with E-state index < -0.39 is 177 Å². The zero-order valence-electron chi connectivity index (χ0n) is 48.0. The van der Waals surface area contributed by atoms with Gasteiger partial charge in [0.1, 0.15) is 46.3 Å². The van der Waals surface area contributed by atoms with Gasteiger partial charge < -0.3 is 92.2 Å². The van der Waals surface area contributed by atoms with Crippen molar-refractivity contribution in [1.29, 1.82) is 0 Å². The number of hydrogen-bond acceptors (Lipinski definition) is 24. The zero-order chi connectivity index (χ0) is 62.8. The van der Waals surface area contributed by atoms with Crippen molar-refractivity contribution in [1.82, 2.24) is 46.6 Å². The second-order valence-corrected chi connectivity index (χ2v) is 23.3. The number of phenolic OH excluding ortho intramolecular Hbond substituents is 1. The van der Waals surface area contributed by atoms with Crippen LogP contribution >= 0.6 is 23.7 Å². The molecule has 33 heteroatoms. The number of benzene rings is 3. The number of aliphatic hydroxyl groups excluding tert-OH is 6. The van der Waals surface area contributed by atoms with Crippen molar-refractivity contribution in [3.05, 3.63) is 77.9 Å². The fourth-order valence-corrected chi connectivity index (χ4v) is 12.0. The molecule has 30 nitrogen and oxygen atoms in total. The SMILES string of the molecule is CC(O)C1NC(=O)C(NC(=O)c2ccc(-c3nnc(-c4ccc(N5CCCCC5)cc4)s3)cc2)CC(O)CNC(=O)C2C(O)C(C)CN2C(=O)C(C(O)CC(N)=O)NC(=O)C(C(O)Cc2ccc(O)c(OSOO[O-])c2)NC(=O)C2CC(O)CN2C1=O.[Na+]. The number of primary amides is 1. The Balaban J connectivity index is 0.0000110. The molecular formula is C55H68N11NaO19S2. The van der Waals surface area contributed by atoms with Gasteiger partial charge in [-0.2, -0.15) is 0 Å². The van der Waals surface area contributed by atoms with E-state index in [4.69, 9.17) is 9.92 Å². The number of β-amino-alcohol motifs (C(OH)–C–C–N with tert-alkyl or cyclic N) is 1. The second kappa shape index (κ2) is 31.2. The molecule has 470 valence electrons. The van der Waals surface area contributed by atoms with Crippen LogP contribution < -0.4 is 76.2 Å². The van der Waals surface area contributed by atoms with Crippen LogP contribution in [0.25, 0.3) is 21.1 Å². The number of carbonyl (C=O) groups is 8. The number of aromatic hydroxyl groups is 1. The van der Waals surface area contributed by atoms with Crippen molar-refractivity contribution >= 4 is 76.6 Å². The van der Waals surface area contributed by atoms with Crippen LogP contribution in [-0.4, -0.2) is 209 Å². The molecule has 4 aliphatic rings. The molecule has 13 unspecified atom stereocenters. The van der Waals surface area contributed by atoms with E-state index >= 15 is 0 Å². The molecule has 5 heterocycles. The summed E-state index contributed by atoms with van der Waals surface area (Å²) in [5.74, 6) is -11.1. The Morgan fingerprint density at radius 2 is 1.41 bits per heavy atom. The van der Waals surface area contributed by atoms with E-state index in [1.54, 1.807) is 12.1 Å². The number of nitrogens with zero attached hydrogens (tertiary/aromatic N) is 5. The van der Waals surface area contributed by atoms with Crippen LogP contribution in [0.3, 0.4) is 0 Å². The molecule has 8 amide bonds. The minimum Gasteiger partial charge on any atom is -0.691 e. The molecule has 1 aromatic heterocycles. The standard InChI is InChI=1S/C55H69N11O19S2.Na/c1-26-24-66-45(46(26)74)51(79)57-23-33(68)20-35(58-47(75)29-7-9-30(10-8-29)52-62-63-53(86-52)31-11-13-32(14-12-31)64-16-4-3-5-17-64)48(76)59-42(27(2)67)54(80)65-25-34(69)21-36(65)49(77)60-43(50(78)61-44(55(66)81)39(72)22-41(56)73)38(71)18-28-6-15-37(70)40(19-28)83-87-85-84-82;/h6-15,19,26-27,33-36,38-39,42-46,67-72,74,82H,3-5,16-18,20-25H2,1-2H3,(H2,56,73)(H,57,79)(H,58,75)(H,59,76)(H,60,77)(H,61,78);/q;+1/p-1. The molecule has 13 atom stereocenters. The molecule has 4 aromatic rings. The van der Waals surface area contributed by atoms with Gasteiger partial charge in [0.15, 0.2) is 11.5 Å². The molecule has 0 radical (unpaired) electrons. The van der Waals surface area contributed by atoms with Crippen molar-refractivity contribution in [3.8, 4) is 32.6 Å². The molecular weight excluding hydrogens is 1210 g/mol. The Hall–Kier alpha value is -6.63. The summed E-state index contributed by atoms with van der Waals surface area (Å²) in [5, 5.41) is 114. The molecule has 0 saturated carbocycles. The summed E-state index contributed by atoms with van der Waals surface area (Å²) in [4.78, 5) is 117.